The molecular weight excluding hydrogens is 385 g/mol. The molecule has 0 saturated carbocycles. The molecule has 21 heavy (non-hydrogen) atoms. The van der Waals surface area contributed by atoms with E-state index in [0.717, 1.165) is 22.4 Å². The Balaban J connectivity index is 1.66. The SMILES string of the molecule is O=C(NCCOc1ccc(I)cc1)C(=O)N1CCNCC1. The predicted octanol–water partition coefficient (Wildman–Crippen LogP) is 0.218. The van der Waals surface area contributed by atoms with Crippen molar-refractivity contribution >= 4 is 34.4 Å². The first-order valence-electron chi connectivity index (χ1n) is 6.83. The average Bonchev–Trinajstić information content (AvgIpc) is 2.53. The van der Waals surface area contributed by atoms with Crippen LogP contribution in [0.5, 0.6) is 5.75 Å². The summed E-state index contributed by atoms with van der Waals surface area (Å²) in [5.74, 6) is -0.285. The van der Waals surface area contributed by atoms with E-state index < -0.39 is 11.8 Å². The van der Waals surface area contributed by atoms with Crippen molar-refractivity contribution in [1.29, 1.82) is 0 Å². The Morgan fingerprint density at radius 1 is 1.24 bits per heavy atom. The lowest BCUT2D eigenvalue weighted by Crippen LogP contribution is -2.51. The van der Waals surface area contributed by atoms with Crippen LogP contribution in [0.4, 0.5) is 0 Å². The Kier molecular flexibility index (Phi) is 6.24. The molecule has 2 rings (SSSR count). The molecule has 7 heteroatoms. The molecule has 0 aliphatic carbocycles. The lowest BCUT2D eigenvalue weighted by Gasteiger charge is -2.26. The number of nitrogens with zero attached hydrogens (tertiary/aromatic N) is 1. The first-order valence-corrected chi connectivity index (χ1v) is 7.91. The van der Waals surface area contributed by atoms with E-state index in [1.807, 2.05) is 24.3 Å². The second-order valence-electron chi connectivity index (χ2n) is 4.60. The maximum atomic E-state index is 11.8. The normalized spacial score (nSPS) is 14.6. The molecule has 1 aliphatic rings. The molecule has 0 unspecified atom stereocenters. The van der Waals surface area contributed by atoms with Gasteiger partial charge < -0.3 is 20.3 Å². The van der Waals surface area contributed by atoms with Crippen molar-refractivity contribution in [3.8, 4) is 5.75 Å². The lowest BCUT2D eigenvalue weighted by molar-refractivity contribution is -0.146. The molecule has 2 amide bonds. The standard InChI is InChI=1S/C14H18IN3O3/c15-11-1-3-12(4-2-11)21-10-7-17-13(19)14(20)18-8-5-16-6-9-18/h1-4,16H,5-10H2,(H,17,19). The molecule has 1 fully saturated rings. The molecule has 0 radical (unpaired) electrons. The number of ether oxygens (including phenoxy) is 1. The van der Waals surface area contributed by atoms with Gasteiger partial charge in [-0.05, 0) is 46.9 Å². The number of hydrogen-bond donors (Lipinski definition) is 2. The first-order chi connectivity index (χ1) is 10.2. The Morgan fingerprint density at radius 3 is 2.57 bits per heavy atom. The molecular formula is C14H18IN3O3. The molecule has 1 aliphatic heterocycles. The zero-order valence-electron chi connectivity index (χ0n) is 11.6. The predicted molar refractivity (Wildman–Crippen MR) is 87.1 cm³/mol. The van der Waals surface area contributed by atoms with E-state index in [1.54, 1.807) is 4.90 Å². The molecule has 114 valence electrons. The van der Waals surface area contributed by atoms with Crippen molar-refractivity contribution in [2.45, 2.75) is 0 Å². The van der Waals surface area contributed by atoms with Gasteiger partial charge in [-0.25, -0.2) is 0 Å². The van der Waals surface area contributed by atoms with Gasteiger partial charge in [-0.15, -0.1) is 0 Å². The van der Waals surface area contributed by atoms with Gasteiger partial charge in [0, 0.05) is 29.7 Å². The maximum Gasteiger partial charge on any atom is 0.311 e. The largest absolute Gasteiger partial charge is 0.492 e. The van der Waals surface area contributed by atoms with Crippen LogP contribution in [0.2, 0.25) is 0 Å². The van der Waals surface area contributed by atoms with Crippen LogP contribution in [0, 0.1) is 3.57 Å². The van der Waals surface area contributed by atoms with Crippen LogP contribution in [0.3, 0.4) is 0 Å². The highest BCUT2D eigenvalue weighted by Gasteiger charge is 2.22. The van der Waals surface area contributed by atoms with Crippen LogP contribution >= 0.6 is 22.6 Å². The first kappa shape index (κ1) is 16.0. The molecule has 1 aromatic rings. The fourth-order valence-electron chi connectivity index (χ4n) is 1.95. The van der Waals surface area contributed by atoms with E-state index in [0.29, 0.717) is 26.2 Å². The van der Waals surface area contributed by atoms with Gasteiger partial charge in [0.15, 0.2) is 0 Å². The summed E-state index contributed by atoms with van der Waals surface area (Å²) in [4.78, 5) is 25.1. The van der Waals surface area contributed by atoms with Gasteiger partial charge in [0.2, 0.25) is 0 Å². The number of rotatable bonds is 4. The van der Waals surface area contributed by atoms with Gasteiger partial charge in [-0.2, -0.15) is 0 Å². The van der Waals surface area contributed by atoms with Crippen LogP contribution < -0.4 is 15.4 Å². The minimum atomic E-state index is -0.567. The topological polar surface area (TPSA) is 70.7 Å². The summed E-state index contributed by atoms with van der Waals surface area (Å²) >= 11 is 2.22. The van der Waals surface area contributed by atoms with Crippen molar-refractivity contribution < 1.29 is 14.3 Å². The third kappa shape index (κ3) is 5.16. The monoisotopic (exact) mass is 403 g/mol. The fraction of sp³-hybridized carbons (Fsp3) is 0.429. The van der Waals surface area contributed by atoms with E-state index >= 15 is 0 Å². The number of hydrogen-bond acceptors (Lipinski definition) is 4. The van der Waals surface area contributed by atoms with E-state index in [4.69, 9.17) is 4.74 Å². The van der Waals surface area contributed by atoms with Gasteiger partial charge in [0.25, 0.3) is 0 Å². The summed E-state index contributed by atoms with van der Waals surface area (Å²) in [6.07, 6.45) is 0. The highest BCUT2D eigenvalue weighted by molar-refractivity contribution is 14.1. The van der Waals surface area contributed by atoms with Gasteiger partial charge in [0.05, 0.1) is 6.54 Å². The second-order valence-corrected chi connectivity index (χ2v) is 5.85. The highest BCUT2D eigenvalue weighted by atomic mass is 127. The summed E-state index contributed by atoms with van der Waals surface area (Å²) in [7, 11) is 0. The van der Waals surface area contributed by atoms with Crippen molar-refractivity contribution in [3.63, 3.8) is 0 Å². The van der Waals surface area contributed by atoms with E-state index in [1.165, 1.54) is 0 Å². The fourth-order valence-corrected chi connectivity index (χ4v) is 2.31. The zero-order chi connectivity index (χ0) is 15.1. The molecule has 2 N–H and O–H groups in total. The maximum absolute atomic E-state index is 11.8. The highest BCUT2D eigenvalue weighted by Crippen LogP contribution is 2.12. The van der Waals surface area contributed by atoms with Gasteiger partial charge >= 0.3 is 11.8 Å². The Bertz CT molecular complexity index is 487. The number of halogens is 1. The number of nitrogens with one attached hydrogen (secondary N) is 2. The van der Waals surface area contributed by atoms with E-state index in [-0.39, 0.29) is 0 Å². The van der Waals surface area contributed by atoms with Crippen molar-refractivity contribution in [2.75, 3.05) is 39.3 Å². The Morgan fingerprint density at radius 2 is 1.90 bits per heavy atom. The second kappa shape index (κ2) is 8.18. The number of amides is 2. The summed E-state index contributed by atoms with van der Waals surface area (Å²) < 4.78 is 6.62. The third-order valence-electron chi connectivity index (χ3n) is 3.07. The van der Waals surface area contributed by atoms with Gasteiger partial charge in [0.1, 0.15) is 12.4 Å². The zero-order valence-corrected chi connectivity index (χ0v) is 13.8. The Labute approximate surface area is 137 Å². The summed E-state index contributed by atoms with van der Waals surface area (Å²) in [6.45, 7) is 3.25. The number of carbonyl (C=O) groups is 2. The molecule has 1 heterocycles. The molecule has 1 aromatic carbocycles. The molecule has 1 saturated heterocycles. The molecule has 0 bridgehead atoms. The van der Waals surface area contributed by atoms with Gasteiger partial charge in [-0.1, -0.05) is 0 Å². The third-order valence-corrected chi connectivity index (χ3v) is 3.79. The number of carbonyl (C=O) groups excluding carboxylic acids is 2. The van der Waals surface area contributed by atoms with Crippen LogP contribution in [0.15, 0.2) is 24.3 Å². The van der Waals surface area contributed by atoms with Crippen LogP contribution in [0.1, 0.15) is 0 Å². The van der Waals surface area contributed by atoms with Crippen LogP contribution in [0.25, 0.3) is 0 Å². The summed E-state index contributed by atoms with van der Waals surface area (Å²) in [6, 6.07) is 7.63. The van der Waals surface area contributed by atoms with Crippen LogP contribution in [-0.2, 0) is 9.59 Å². The minimum Gasteiger partial charge on any atom is -0.492 e. The average molecular weight is 403 g/mol. The van der Waals surface area contributed by atoms with Crippen molar-refractivity contribution in [1.82, 2.24) is 15.5 Å². The van der Waals surface area contributed by atoms with Gasteiger partial charge in [-0.3, -0.25) is 9.59 Å². The lowest BCUT2D eigenvalue weighted by atomic mass is 10.3. The molecule has 0 aromatic heterocycles. The molecule has 0 atom stereocenters. The minimum absolute atomic E-state index is 0.308. The van der Waals surface area contributed by atoms with Crippen molar-refractivity contribution in [3.05, 3.63) is 27.8 Å². The summed E-state index contributed by atoms with van der Waals surface area (Å²) in [5.41, 5.74) is 0. The number of benzene rings is 1. The molecule has 0 spiro atoms. The molecule has 6 nitrogen and oxygen atoms in total. The van der Waals surface area contributed by atoms with Crippen LogP contribution in [-0.4, -0.2) is 56.0 Å². The Hall–Kier alpha value is -1.35. The summed E-state index contributed by atoms with van der Waals surface area (Å²) in [5, 5.41) is 5.72. The smallest absolute Gasteiger partial charge is 0.311 e. The number of piperazine rings is 1. The van der Waals surface area contributed by atoms with E-state index in [2.05, 4.69) is 33.2 Å². The van der Waals surface area contributed by atoms with E-state index in [9.17, 15) is 9.59 Å². The van der Waals surface area contributed by atoms with Crippen molar-refractivity contribution in [2.24, 2.45) is 0 Å². The quantitative estimate of drug-likeness (QED) is 0.429.